The van der Waals surface area contributed by atoms with Gasteiger partial charge in [-0.05, 0) is 24.5 Å². The van der Waals surface area contributed by atoms with E-state index >= 15 is 0 Å². The molecule has 1 aromatic rings. The van der Waals surface area contributed by atoms with Gasteiger partial charge in [-0.15, -0.1) is 0 Å². The van der Waals surface area contributed by atoms with Crippen LogP contribution in [-0.4, -0.2) is 26.2 Å². The zero-order valence-corrected chi connectivity index (χ0v) is 11.4. The zero-order valence-electron chi connectivity index (χ0n) is 10.6. The van der Waals surface area contributed by atoms with Crippen molar-refractivity contribution in [2.24, 2.45) is 5.92 Å². The van der Waals surface area contributed by atoms with Gasteiger partial charge in [-0.1, -0.05) is 37.3 Å². The van der Waals surface area contributed by atoms with Gasteiger partial charge < -0.3 is 5.11 Å². The SMILES string of the molecule is CC(CO)C(C)NS(=O)(=O)/C=C/c1ccccc1. The maximum atomic E-state index is 11.8. The number of sulfonamides is 1. The van der Waals surface area contributed by atoms with Gasteiger partial charge >= 0.3 is 0 Å². The van der Waals surface area contributed by atoms with Crippen LogP contribution >= 0.6 is 0 Å². The predicted molar refractivity (Wildman–Crippen MR) is 73.2 cm³/mol. The molecule has 2 N–H and O–H groups in total. The Hall–Kier alpha value is -1.17. The average molecular weight is 269 g/mol. The van der Waals surface area contributed by atoms with E-state index in [1.54, 1.807) is 19.9 Å². The summed E-state index contributed by atoms with van der Waals surface area (Å²) in [5.41, 5.74) is 0.825. The molecule has 4 nitrogen and oxygen atoms in total. The summed E-state index contributed by atoms with van der Waals surface area (Å²) in [4.78, 5) is 0. The Morgan fingerprint density at radius 3 is 2.44 bits per heavy atom. The van der Waals surface area contributed by atoms with Gasteiger partial charge in [0.2, 0.25) is 10.0 Å². The normalized spacial score (nSPS) is 15.7. The molecule has 18 heavy (non-hydrogen) atoms. The van der Waals surface area contributed by atoms with E-state index in [9.17, 15) is 8.42 Å². The lowest BCUT2D eigenvalue weighted by Crippen LogP contribution is -2.37. The van der Waals surface area contributed by atoms with Crippen molar-refractivity contribution in [1.82, 2.24) is 4.72 Å². The van der Waals surface area contributed by atoms with Crippen LogP contribution < -0.4 is 4.72 Å². The molecule has 100 valence electrons. The second-order valence-electron chi connectivity index (χ2n) is 4.32. The predicted octanol–water partition coefficient (Wildman–Crippen LogP) is 1.59. The van der Waals surface area contributed by atoms with Crippen LogP contribution in [0.3, 0.4) is 0 Å². The smallest absolute Gasteiger partial charge is 0.233 e. The molecular weight excluding hydrogens is 250 g/mol. The highest BCUT2D eigenvalue weighted by atomic mass is 32.2. The minimum atomic E-state index is -3.48. The quantitative estimate of drug-likeness (QED) is 0.824. The molecule has 0 heterocycles. The monoisotopic (exact) mass is 269 g/mol. The minimum Gasteiger partial charge on any atom is -0.396 e. The first-order chi connectivity index (χ1) is 8.44. The van der Waals surface area contributed by atoms with Gasteiger partial charge in [-0.3, -0.25) is 0 Å². The Balaban J connectivity index is 2.68. The van der Waals surface area contributed by atoms with Crippen molar-refractivity contribution < 1.29 is 13.5 Å². The van der Waals surface area contributed by atoms with E-state index in [1.807, 2.05) is 30.3 Å². The van der Waals surface area contributed by atoms with Gasteiger partial charge in [0.1, 0.15) is 0 Å². The second-order valence-corrected chi connectivity index (χ2v) is 5.92. The van der Waals surface area contributed by atoms with Crippen molar-refractivity contribution in [2.45, 2.75) is 19.9 Å². The van der Waals surface area contributed by atoms with Crippen molar-refractivity contribution in [1.29, 1.82) is 0 Å². The summed E-state index contributed by atoms with van der Waals surface area (Å²) in [6.45, 7) is 3.47. The highest BCUT2D eigenvalue weighted by Crippen LogP contribution is 2.06. The molecule has 0 aliphatic heterocycles. The number of benzene rings is 1. The fraction of sp³-hybridized carbons (Fsp3) is 0.385. The molecule has 0 aliphatic rings. The molecule has 5 heteroatoms. The second kappa shape index (κ2) is 6.68. The van der Waals surface area contributed by atoms with Gasteiger partial charge in [-0.2, -0.15) is 0 Å². The van der Waals surface area contributed by atoms with Crippen LogP contribution in [0.5, 0.6) is 0 Å². The largest absolute Gasteiger partial charge is 0.396 e. The number of aliphatic hydroxyl groups excluding tert-OH is 1. The fourth-order valence-electron chi connectivity index (χ4n) is 1.30. The molecule has 1 rings (SSSR count). The van der Waals surface area contributed by atoms with Crippen LogP contribution in [0.15, 0.2) is 35.7 Å². The fourth-order valence-corrected chi connectivity index (χ4v) is 2.47. The van der Waals surface area contributed by atoms with Gasteiger partial charge in [-0.25, -0.2) is 13.1 Å². The van der Waals surface area contributed by atoms with Gasteiger partial charge in [0.25, 0.3) is 0 Å². The van der Waals surface area contributed by atoms with Crippen LogP contribution in [0.25, 0.3) is 6.08 Å². The van der Waals surface area contributed by atoms with Crippen molar-refractivity contribution in [3.8, 4) is 0 Å². The summed E-state index contributed by atoms with van der Waals surface area (Å²) in [6, 6.07) is 8.90. The molecule has 0 saturated heterocycles. The maximum absolute atomic E-state index is 11.8. The highest BCUT2D eigenvalue weighted by molar-refractivity contribution is 7.92. The van der Waals surface area contributed by atoms with Crippen molar-refractivity contribution in [3.05, 3.63) is 41.3 Å². The maximum Gasteiger partial charge on any atom is 0.233 e. The Labute approximate surface area is 108 Å². The van der Waals surface area contributed by atoms with E-state index in [1.165, 1.54) is 0 Å². The summed E-state index contributed by atoms with van der Waals surface area (Å²) in [5, 5.41) is 10.1. The summed E-state index contributed by atoms with van der Waals surface area (Å²) >= 11 is 0. The van der Waals surface area contributed by atoms with E-state index in [4.69, 9.17) is 5.11 Å². The Bertz CT molecular complexity index is 482. The zero-order chi connectivity index (χ0) is 13.6. The van der Waals surface area contributed by atoms with E-state index < -0.39 is 10.0 Å². The van der Waals surface area contributed by atoms with E-state index in [2.05, 4.69) is 4.72 Å². The molecule has 2 unspecified atom stereocenters. The van der Waals surface area contributed by atoms with Gasteiger partial charge in [0.15, 0.2) is 0 Å². The average Bonchev–Trinajstić information content (AvgIpc) is 2.36. The Morgan fingerprint density at radius 1 is 1.28 bits per heavy atom. The molecule has 2 atom stereocenters. The highest BCUT2D eigenvalue weighted by Gasteiger charge is 2.16. The standard InChI is InChI=1S/C13H19NO3S/c1-11(10-15)12(2)14-18(16,17)9-8-13-6-4-3-5-7-13/h3-9,11-12,14-15H,10H2,1-2H3/b9-8+. The van der Waals surface area contributed by atoms with Crippen molar-refractivity contribution in [2.75, 3.05) is 6.61 Å². The number of rotatable bonds is 6. The lowest BCUT2D eigenvalue weighted by molar-refractivity contribution is 0.216. The molecule has 0 spiro atoms. The van der Waals surface area contributed by atoms with Crippen LogP contribution in [0.4, 0.5) is 0 Å². The first kappa shape index (κ1) is 14.9. The molecule has 0 radical (unpaired) electrons. The summed E-state index contributed by atoms with van der Waals surface area (Å²) < 4.78 is 26.0. The van der Waals surface area contributed by atoms with Crippen molar-refractivity contribution in [3.63, 3.8) is 0 Å². The molecule has 0 bridgehead atoms. The third-order valence-electron chi connectivity index (χ3n) is 2.73. The summed E-state index contributed by atoms with van der Waals surface area (Å²) in [7, 11) is -3.48. The molecule has 0 amide bonds. The number of aliphatic hydroxyl groups is 1. The van der Waals surface area contributed by atoms with Crippen LogP contribution in [0.1, 0.15) is 19.4 Å². The molecule has 1 aromatic carbocycles. The van der Waals surface area contributed by atoms with E-state index in [0.29, 0.717) is 0 Å². The lowest BCUT2D eigenvalue weighted by Gasteiger charge is -2.17. The summed E-state index contributed by atoms with van der Waals surface area (Å²) in [6.07, 6.45) is 1.54. The molecule has 0 fully saturated rings. The Kier molecular flexibility index (Phi) is 5.53. The van der Waals surface area contributed by atoms with Crippen LogP contribution in [-0.2, 0) is 10.0 Å². The minimum absolute atomic E-state index is 0.0495. The van der Waals surface area contributed by atoms with Crippen LogP contribution in [0.2, 0.25) is 0 Å². The van der Waals surface area contributed by atoms with Crippen LogP contribution in [0, 0.1) is 5.92 Å². The van der Waals surface area contributed by atoms with Gasteiger partial charge in [0, 0.05) is 18.1 Å². The number of nitrogens with one attached hydrogen (secondary N) is 1. The van der Waals surface area contributed by atoms with Gasteiger partial charge in [0.05, 0.1) is 0 Å². The molecule has 0 aliphatic carbocycles. The first-order valence-electron chi connectivity index (χ1n) is 5.81. The van der Waals surface area contributed by atoms with E-state index in [0.717, 1.165) is 11.0 Å². The number of hydrogen-bond donors (Lipinski definition) is 2. The molecule has 0 aromatic heterocycles. The Morgan fingerprint density at radius 2 is 1.89 bits per heavy atom. The first-order valence-corrected chi connectivity index (χ1v) is 7.35. The topological polar surface area (TPSA) is 66.4 Å². The van der Waals surface area contributed by atoms with Crippen molar-refractivity contribution >= 4 is 16.1 Å². The third kappa shape index (κ3) is 5.00. The third-order valence-corrected chi connectivity index (χ3v) is 3.93. The molecular formula is C13H19NO3S. The molecule has 0 saturated carbocycles. The van der Waals surface area contributed by atoms with E-state index in [-0.39, 0.29) is 18.6 Å². The summed E-state index contributed by atoms with van der Waals surface area (Å²) in [5.74, 6) is -0.120. The lowest BCUT2D eigenvalue weighted by atomic mass is 10.1. The number of hydrogen-bond acceptors (Lipinski definition) is 3.